The number of nitrogens with zero attached hydrogens (tertiary/aromatic N) is 1. The fourth-order valence-electron chi connectivity index (χ4n) is 2.63. The number of nitrogens with one attached hydrogen (secondary N) is 3. The molecular formula is C17H23ClN4O3. The van der Waals surface area contributed by atoms with Crippen molar-refractivity contribution in [2.45, 2.75) is 19.5 Å². The van der Waals surface area contributed by atoms with Crippen molar-refractivity contribution in [3.63, 3.8) is 0 Å². The van der Waals surface area contributed by atoms with E-state index in [1.54, 1.807) is 7.11 Å². The average Bonchev–Trinajstić information content (AvgIpc) is 3.05. The van der Waals surface area contributed by atoms with E-state index in [1.165, 1.54) is 0 Å². The quantitative estimate of drug-likeness (QED) is 0.645. The van der Waals surface area contributed by atoms with Crippen molar-refractivity contribution in [1.82, 2.24) is 20.8 Å². The maximum Gasteiger partial charge on any atom is 0.272 e. The number of benzene rings is 1. The lowest BCUT2D eigenvalue weighted by molar-refractivity contribution is 0.0944. The van der Waals surface area contributed by atoms with Crippen molar-refractivity contribution in [3.05, 3.63) is 46.8 Å². The van der Waals surface area contributed by atoms with E-state index in [2.05, 4.69) is 20.8 Å². The Morgan fingerprint density at radius 1 is 1.28 bits per heavy atom. The predicted octanol–water partition coefficient (Wildman–Crippen LogP) is 1.43. The maximum atomic E-state index is 12.3. The smallest absolute Gasteiger partial charge is 0.272 e. The van der Waals surface area contributed by atoms with Gasteiger partial charge in [-0.15, -0.1) is 12.4 Å². The minimum atomic E-state index is -0.156. The Bertz CT molecular complexity index is 688. The van der Waals surface area contributed by atoms with Crippen molar-refractivity contribution >= 4 is 18.3 Å². The summed E-state index contributed by atoms with van der Waals surface area (Å²) in [6.07, 6.45) is 0.875. The molecule has 1 amide bonds. The molecule has 0 spiro atoms. The van der Waals surface area contributed by atoms with Gasteiger partial charge in [0.15, 0.2) is 5.69 Å². The minimum Gasteiger partial charge on any atom is -0.491 e. The monoisotopic (exact) mass is 366 g/mol. The Morgan fingerprint density at radius 3 is 2.84 bits per heavy atom. The Balaban J connectivity index is 0.00000225. The van der Waals surface area contributed by atoms with Gasteiger partial charge in [0.1, 0.15) is 12.4 Å². The molecule has 136 valence electrons. The highest BCUT2D eigenvalue weighted by Gasteiger charge is 2.21. The Hall–Kier alpha value is -2.09. The molecule has 0 saturated carbocycles. The van der Waals surface area contributed by atoms with Crippen LogP contribution in [0.15, 0.2) is 24.3 Å². The maximum absolute atomic E-state index is 12.3. The van der Waals surface area contributed by atoms with E-state index < -0.39 is 0 Å². The van der Waals surface area contributed by atoms with Gasteiger partial charge in [0.2, 0.25) is 0 Å². The zero-order valence-electron chi connectivity index (χ0n) is 14.1. The molecule has 1 aliphatic heterocycles. The Kier molecular flexibility index (Phi) is 7.24. The van der Waals surface area contributed by atoms with Crippen LogP contribution in [0.3, 0.4) is 0 Å². The van der Waals surface area contributed by atoms with E-state index in [0.717, 1.165) is 35.5 Å². The van der Waals surface area contributed by atoms with Crippen LogP contribution in [-0.4, -0.2) is 43.0 Å². The van der Waals surface area contributed by atoms with Gasteiger partial charge in [-0.05, 0) is 17.7 Å². The molecule has 0 aliphatic carbocycles. The summed E-state index contributed by atoms with van der Waals surface area (Å²) >= 11 is 0. The van der Waals surface area contributed by atoms with E-state index in [1.807, 2.05) is 24.3 Å². The molecule has 0 bridgehead atoms. The number of aromatic amines is 1. The van der Waals surface area contributed by atoms with E-state index in [0.29, 0.717) is 32.0 Å². The number of hydrogen-bond donors (Lipinski definition) is 3. The third-order valence-electron chi connectivity index (χ3n) is 3.95. The first-order chi connectivity index (χ1) is 11.8. The molecule has 0 saturated heterocycles. The highest BCUT2D eigenvalue weighted by molar-refractivity contribution is 5.94. The van der Waals surface area contributed by atoms with E-state index in [4.69, 9.17) is 9.47 Å². The molecule has 0 fully saturated rings. The number of fused-ring (bicyclic) bond motifs is 1. The topological polar surface area (TPSA) is 88.3 Å². The third kappa shape index (κ3) is 4.94. The summed E-state index contributed by atoms with van der Waals surface area (Å²) < 4.78 is 10.5. The van der Waals surface area contributed by atoms with Gasteiger partial charge in [0, 0.05) is 44.4 Å². The van der Waals surface area contributed by atoms with Crippen molar-refractivity contribution in [1.29, 1.82) is 0 Å². The molecule has 0 unspecified atom stereocenters. The zero-order valence-corrected chi connectivity index (χ0v) is 14.9. The van der Waals surface area contributed by atoms with E-state index in [9.17, 15) is 4.79 Å². The number of carbonyl (C=O) groups is 1. The van der Waals surface area contributed by atoms with Crippen LogP contribution in [0.2, 0.25) is 0 Å². The van der Waals surface area contributed by atoms with Crippen LogP contribution >= 0.6 is 12.4 Å². The molecule has 3 rings (SSSR count). The second-order valence-corrected chi connectivity index (χ2v) is 5.62. The normalized spacial score (nSPS) is 12.8. The number of rotatable bonds is 7. The lowest BCUT2D eigenvalue weighted by Gasteiger charge is -2.13. The summed E-state index contributed by atoms with van der Waals surface area (Å²) in [4.78, 5) is 12.3. The fraction of sp³-hybridized carbons (Fsp3) is 0.412. The summed E-state index contributed by atoms with van der Waals surface area (Å²) in [5.74, 6) is 0.631. The minimum absolute atomic E-state index is 0. The van der Waals surface area contributed by atoms with Crippen LogP contribution in [0.5, 0.6) is 5.75 Å². The summed E-state index contributed by atoms with van der Waals surface area (Å²) in [5, 5.41) is 13.3. The number of H-pyrrole nitrogens is 1. The number of hydrogen-bond acceptors (Lipinski definition) is 5. The largest absolute Gasteiger partial charge is 0.491 e. The standard InChI is InChI=1S/C17H22N4O3.ClH/c1-23-8-9-24-13-4-2-12(3-5-13)10-19-17(22)16-14-11-18-7-6-15(14)20-21-16;/h2-5,18H,6-11H2,1H3,(H,19,22)(H,20,21);1H. The van der Waals surface area contributed by atoms with Crippen LogP contribution in [-0.2, 0) is 24.2 Å². The molecule has 0 radical (unpaired) electrons. The summed E-state index contributed by atoms with van der Waals surface area (Å²) in [6.45, 7) is 3.12. The van der Waals surface area contributed by atoms with Gasteiger partial charge < -0.3 is 20.1 Å². The summed E-state index contributed by atoms with van der Waals surface area (Å²) in [5.41, 5.74) is 3.51. The Labute approximate surface area is 152 Å². The lowest BCUT2D eigenvalue weighted by atomic mass is 10.1. The number of methoxy groups -OCH3 is 1. The van der Waals surface area contributed by atoms with Crippen LogP contribution in [0, 0.1) is 0 Å². The average molecular weight is 367 g/mol. The van der Waals surface area contributed by atoms with E-state index >= 15 is 0 Å². The van der Waals surface area contributed by atoms with E-state index in [-0.39, 0.29) is 18.3 Å². The zero-order chi connectivity index (χ0) is 16.8. The Morgan fingerprint density at radius 2 is 2.08 bits per heavy atom. The van der Waals surface area contributed by atoms with Crippen molar-refractivity contribution in [2.24, 2.45) is 0 Å². The number of amides is 1. The fourth-order valence-corrected chi connectivity index (χ4v) is 2.63. The molecular weight excluding hydrogens is 344 g/mol. The molecule has 8 heteroatoms. The first kappa shape index (κ1) is 19.2. The molecule has 1 aliphatic rings. The molecule has 25 heavy (non-hydrogen) atoms. The van der Waals surface area contributed by atoms with Gasteiger partial charge in [-0.2, -0.15) is 5.10 Å². The van der Waals surface area contributed by atoms with Crippen LogP contribution in [0.1, 0.15) is 27.3 Å². The second kappa shape index (κ2) is 9.41. The predicted molar refractivity (Wildman–Crippen MR) is 96.2 cm³/mol. The molecule has 1 aromatic carbocycles. The molecule has 0 atom stereocenters. The van der Waals surface area contributed by atoms with Gasteiger partial charge in [-0.25, -0.2) is 0 Å². The first-order valence-electron chi connectivity index (χ1n) is 8.03. The molecule has 3 N–H and O–H groups in total. The molecule has 2 heterocycles. The van der Waals surface area contributed by atoms with Gasteiger partial charge in [0.25, 0.3) is 5.91 Å². The lowest BCUT2D eigenvalue weighted by Crippen LogP contribution is -2.28. The molecule has 2 aromatic rings. The van der Waals surface area contributed by atoms with Crippen molar-refractivity contribution in [2.75, 3.05) is 26.9 Å². The number of ether oxygens (including phenoxy) is 2. The second-order valence-electron chi connectivity index (χ2n) is 5.62. The van der Waals surface area contributed by atoms with Gasteiger partial charge >= 0.3 is 0 Å². The van der Waals surface area contributed by atoms with Crippen molar-refractivity contribution in [3.8, 4) is 5.75 Å². The highest BCUT2D eigenvalue weighted by Crippen LogP contribution is 2.16. The number of halogens is 1. The first-order valence-corrected chi connectivity index (χ1v) is 8.03. The van der Waals surface area contributed by atoms with Crippen molar-refractivity contribution < 1.29 is 14.3 Å². The molecule has 7 nitrogen and oxygen atoms in total. The molecule has 1 aromatic heterocycles. The van der Waals surface area contributed by atoms with Crippen LogP contribution in [0.4, 0.5) is 0 Å². The number of carbonyl (C=O) groups excluding carboxylic acids is 1. The third-order valence-corrected chi connectivity index (χ3v) is 3.95. The van der Waals surface area contributed by atoms with Crippen LogP contribution in [0.25, 0.3) is 0 Å². The van der Waals surface area contributed by atoms with Gasteiger partial charge in [-0.3, -0.25) is 9.89 Å². The summed E-state index contributed by atoms with van der Waals surface area (Å²) in [7, 11) is 1.64. The van der Waals surface area contributed by atoms with Crippen LogP contribution < -0.4 is 15.4 Å². The van der Waals surface area contributed by atoms with Gasteiger partial charge in [0.05, 0.1) is 6.61 Å². The van der Waals surface area contributed by atoms with Gasteiger partial charge in [-0.1, -0.05) is 12.1 Å². The highest BCUT2D eigenvalue weighted by atomic mass is 35.5. The number of aromatic nitrogens is 2. The SMILES string of the molecule is COCCOc1ccc(CNC(=O)c2n[nH]c3c2CNCC3)cc1.Cl. The summed E-state index contributed by atoms with van der Waals surface area (Å²) in [6, 6.07) is 7.64.